The Hall–Kier alpha value is -3.75. The molecule has 2 aromatic carbocycles. The van der Waals surface area contributed by atoms with Gasteiger partial charge in [0.1, 0.15) is 6.54 Å². The molecule has 0 radical (unpaired) electrons. The Labute approximate surface area is 184 Å². The fraction of sp³-hybridized carbons (Fsp3) is 0.286. The van der Waals surface area contributed by atoms with Crippen LogP contribution in [0.2, 0.25) is 0 Å². The van der Waals surface area contributed by atoms with Crippen LogP contribution >= 0.6 is 0 Å². The monoisotopic (exact) mass is 469 g/mol. The largest absolute Gasteiger partial charge is 0.419 e. The lowest BCUT2D eigenvalue weighted by molar-refractivity contribution is -0.136. The van der Waals surface area contributed by atoms with Crippen molar-refractivity contribution < 1.29 is 30.8 Å². The number of rotatable bonds is 6. The maximum absolute atomic E-state index is 13.3. The van der Waals surface area contributed by atoms with Crippen LogP contribution in [0.15, 0.2) is 46.9 Å². The summed E-state index contributed by atoms with van der Waals surface area (Å²) in [6, 6.07) is 9.32. The van der Waals surface area contributed by atoms with Gasteiger partial charge in [0.05, 0.1) is 18.7 Å². The minimum absolute atomic E-state index is 0.0570. The molecule has 174 valence electrons. The number of nitrogens with zero attached hydrogens (tertiary/aromatic N) is 5. The Morgan fingerprint density at radius 3 is 2.12 bits per heavy atom. The van der Waals surface area contributed by atoms with E-state index in [2.05, 4.69) is 15.0 Å². The zero-order chi connectivity index (χ0) is 24.4. The van der Waals surface area contributed by atoms with Gasteiger partial charge in [0.25, 0.3) is 0 Å². The summed E-state index contributed by atoms with van der Waals surface area (Å²) in [6.45, 7) is 4.74. The Balaban J connectivity index is 1.92. The van der Waals surface area contributed by atoms with Crippen molar-refractivity contribution in [2.24, 2.45) is 0 Å². The van der Waals surface area contributed by atoms with Crippen LogP contribution in [0.1, 0.15) is 11.5 Å². The Morgan fingerprint density at radius 1 is 0.939 bits per heavy atom. The van der Waals surface area contributed by atoms with Crippen LogP contribution in [0.4, 0.5) is 43.4 Å². The van der Waals surface area contributed by atoms with Gasteiger partial charge in [0, 0.05) is 31.0 Å². The highest BCUT2D eigenvalue weighted by atomic mass is 19.4. The van der Waals surface area contributed by atoms with Crippen LogP contribution in [0.5, 0.6) is 0 Å². The molecule has 0 saturated carbocycles. The first-order chi connectivity index (χ1) is 15.4. The van der Waals surface area contributed by atoms with E-state index in [0.29, 0.717) is 16.5 Å². The predicted molar refractivity (Wildman–Crippen MR) is 109 cm³/mol. The van der Waals surface area contributed by atoms with E-state index >= 15 is 0 Å². The molecular formula is C21H17F6N5O. The summed E-state index contributed by atoms with van der Waals surface area (Å²) >= 11 is 0. The lowest BCUT2D eigenvalue weighted by atomic mass is 10.1. The van der Waals surface area contributed by atoms with Crippen molar-refractivity contribution in [3.63, 3.8) is 0 Å². The van der Waals surface area contributed by atoms with E-state index in [-0.39, 0.29) is 17.5 Å². The van der Waals surface area contributed by atoms with Crippen molar-refractivity contribution in [1.82, 2.24) is 10.2 Å². The predicted octanol–water partition coefficient (Wildman–Crippen LogP) is 5.94. The normalized spacial score (nSPS) is 11.8. The second-order valence-electron chi connectivity index (χ2n) is 7.22. The number of anilines is 2. The van der Waals surface area contributed by atoms with Crippen molar-refractivity contribution >= 4 is 17.1 Å². The summed E-state index contributed by atoms with van der Waals surface area (Å²) in [4.78, 5) is 5.30. The minimum atomic E-state index is -4.91. The third-order valence-electron chi connectivity index (χ3n) is 4.56. The number of alkyl halides is 6. The van der Waals surface area contributed by atoms with Crippen LogP contribution in [0.25, 0.3) is 16.3 Å². The quantitative estimate of drug-likeness (QED) is 0.330. The Bertz CT molecular complexity index is 1150. The molecule has 33 heavy (non-hydrogen) atoms. The number of aromatic nitrogens is 2. The van der Waals surface area contributed by atoms with Gasteiger partial charge in [-0.2, -0.15) is 26.3 Å². The zero-order valence-corrected chi connectivity index (χ0v) is 17.4. The molecule has 0 amide bonds. The molecule has 0 aliphatic heterocycles. The average Bonchev–Trinajstić information content (AvgIpc) is 3.20. The molecule has 1 heterocycles. The van der Waals surface area contributed by atoms with E-state index in [1.165, 1.54) is 0 Å². The van der Waals surface area contributed by atoms with Crippen molar-refractivity contribution in [2.45, 2.75) is 18.9 Å². The first-order valence-electron chi connectivity index (χ1n) is 9.38. The Morgan fingerprint density at radius 2 is 1.58 bits per heavy atom. The second-order valence-corrected chi connectivity index (χ2v) is 7.22. The lowest BCUT2D eigenvalue weighted by Gasteiger charge is -2.25. The highest BCUT2D eigenvalue weighted by Gasteiger charge is 2.36. The van der Waals surface area contributed by atoms with E-state index in [1.54, 1.807) is 24.3 Å². The average molecular weight is 469 g/mol. The van der Waals surface area contributed by atoms with E-state index < -0.39 is 36.7 Å². The summed E-state index contributed by atoms with van der Waals surface area (Å²) < 4.78 is 84.8. The highest BCUT2D eigenvalue weighted by molar-refractivity contribution is 5.62. The molecule has 3 rings (SSSR count). The number of hydrogen-bond acceptors (Lipinski definition) is 5. The summed E-state index contributed by atoms with van der Waals surface area (Å²) in [6.07, 6.45) is -9.63. The van der Waals surface area contributed by atoms with E-state index in [1.807, 2.05) is 19.0 Å². The molecule has 6 nitrogen and oxygen atoms in total. The summed E-state index contributed by atoms with van der Waals surface area (Å²) in [5.74, 6) is -0.157. The third kappa shape index (κ3) is 5.94. The topological polar surface area (TPSA) is 49.8 Å². The zero-order valence-electron chi connectivity index (χ0n) is 17.4. The van der Waals surface area contributed by atoms with Crippen LogP contribution in [0.3, 0.4) is 0 Å². The summed E-state index contributed by atoms with van der Waals surface area (Å²) in [7, 11) is 3.70. The van der Waals surface area contributed by atoms with Gasteiger partial charge in [0.15, 0.2) is 5.69 Å². The minimum Gasteiger partial charge on any atom is -0.419 e. The molecule has 0 spiro atoms. The second kappa shape index (κ2) is 9.01. The molecule has 0 saturated heterocycles. The van der Waals surface area contributed by atoms with Crippen LogP contribution < -0.4 is 9.80 Å². The molecule has 0 fully saturated rings. The standard InChI is InChI=1S/C21H17F6N5O/c1-28-17-9-8-15(10-16(17)21(25,26)27)32(12-20(22,23)24)11-18-29-30-19(33-18)13-4-6-14(7-5-13)31(2)3/h4-10H,11-12H2,2-3H3. The molecular weight excluding hydrogens is 452 g/mol. The molecule has 0 bridgehead atoms. The van der Waals surface area contributed by atoms with Gasteiger partial charge >= 0.3 is 12.4 Å². The van der Waals surface area contributed by atoms with Crippen LogP contribution in [0, 0.1) is 6.57 Å². The number of benzene rings is 2. The SMILES string of the molecule is [C-]#[N+]c1ccc(N(Cc2nnc(-c3ccc(N(C)C)cc3)o2)CC(F)(F)F)cc1C(F)(F)F. The van der Waals surface area contributed by atoms with Crippen molar-refractivity contribution in [1.29, 1.82) is 0 Å². The van der Waals surface area contributed by atoms with Crippen molar-refractivity contribution in [3.8, 4) is 11.5 Å². The van der Waals surface area contributed by atoms with Crippen molar-refractivity contribution in [2.75, 3.05) is 30.4 Å². The molecule has 0 atom stereocenters. The fourth-order valence-electron chi connectivity index (χ4n) is 3.00. The van der Waals surface area contributed by atoms with Crippen molar-refractivity contribution in [3.05, 3.63) is 65.3 Å². The maximum atomic E-state index is 13.3. The van der Waals surface area contributed by atoms with Gasteiger partial charge in [0.2, 0.25) is 11.8 Å². The molecule has 1 aromatic heterocycles. The number of hydrogen-bond donors (Lipinski definition) is 0. The van der Waals surface area contributed by atoms with E-state index in [4.69, 9.17) is 11.0 Å². The first kappa shape index (κ1) is 23.9. The lowest BCUT2D eigenvalue weighted by Crippen LogP contribution is -2.34. The molecule has 0 aliphatic carbocycles. The van der Waals surface area contributed by atoms with Crippen LogP contribution in [-0.4, -0.2) is 37.0 Å². The first-order valence-corrected chi connectivity index (χ1v) is 9.38. The van der Waals surface area contributed by atoms with E-state index in [9.17, 15) is 26.3 Å². The summed E-state index contributed by atoms with van der Waals surface area (Å²) in [5, 5.41) is 7.57. The third-order valence-corrected chi connectivity index (χ3v) is 4.56. The molecule has 0 unspecified atom stereocenters. The smallest absolute Gasteiger partial charge is 0.407 e. The highest BCUT2D eigenvalue weighted by Crippen LogP contribution is 2.39. The van der Waals surface area contributed by atoms with Gasteiger partial charge in [-0.15, -0.1) is 10.2 Å². The van der Waals surface area contributed by atoms with E-state index in [0.717, 1.165) is 17.8 Å². The van der Waals surface area contributed by atoms with Crippen LogP contribution in [-0.2, 0) is 12.7 Å². The molecule has 0 aliphatic rings. The fourth-order valence-corrected chi connectivity index (χ4v) is 3.00. The van der Waals surface area contributed by atoms with Gasteiger partial charge in [-0.05, 0) is 36.4 Å². The maximum Gasteiger partial charge on any atom is 0.407 e. The van der Waals surface area contributed by atoms with Gasteiger partial charge < -0.3 is 14.2 Å². The molecule has 3 aromatic rings. The number of halogens is 6. The molecule has 12 heteroatoms. The molecule has 0 N–H and O–H groups in total. The van der Waals surface area contributed by atoms with Gasteiger partial charge in [-0.25, -0.2) is 4.85 Å². The van der Waals surface area contributed by atoms with Gasteiger partial charge in [-0.3, -0.25) is 0 Å². The summed E-state index contributed by atoms with van der Waals surface area (Å²) in [5.41, 5.74) is -0.989. The Kier molecular flexibility index (Phi) is 6.53. The van der Waals surface area contributed by atoms with Gasteiger partial charge in [-0.1, -0.05) is 6.07 Å².